The van der Waals surface area contributed by atoms with Crippen LogP contribution < -0.4 is 4.74 Å². The van der Waals surface area contributed by atoms with E-state index in [1.807, 2.05) is 0 Å². The molecule has 0 aliphatic rings. The van der Waals surface area contributed by atoms with E-state index in [1.54, 1.807) is 18.2 Å². The summed E-state index contributed by atoms with van der Waals surface area (Å²) >= 11 is 0. The van der Waals surface area contributed by atoms with Gasteiger partial charge in [0.15, 0.2) is 0 Å². The number of hydrogen-bond donors (Lipinski definition) is 1. The summed E-state index contributed by atoms with van der Waals surface area (Å²) in [7, 11) is -2.41. The predicted molar refractivity (Wildman–Crippen MR) is 71.8 cm³/mol. The van der Waals surface area contributed by atoms with Crippen molar-refractivity contribution in [2.24, 2.45) is 0 Å². The summed E-state index contributed by atoms with van der Waals surface area (Å²) in [6.45, 7) is 0. The number of aromatic carboxylic acids is 1. The monoisotopic (exact) mass is 292 g/mol. The lowest BCUT2D eigenvalue weighted by Crippen LogP contribution is -2.06. The molecule has 2 rings (SSSR count). The van der Waals surface area contributed by atoms with E-state index in [0.717, 1.165) is 6.07 Å². The number of sulfone groups is 1. The number of ether oxygens (including phenoxy) is 1. The number of carbonyl (C=O) groups is 1. The quantitative estimate of drug-likeness (QED) is 0.934. The summed E-state index contributed by atoms with van der Waals surface area (Å²) in [5.41, 5.74) is -0.190. The van der Waals surface area contributed by atoms with Crippen molar-refractivity contribution in [3.05, 3.63) is 54.1 Å². The van der Waals surface area contributed by atoms with Gasteiger partial charge in [-0.3, -0.25) is 0 Å². The van der Waals surface area contributed by atoms with Crippen molar-refractivity contribution in [2.45, 2.75) is 9.79 Å². The first kappa shape index (κ1) is 14.1. The van der Waals surface area contributed by atoms with E-state index >= 15 is 0 Å². The molecule has 0 aliphatic heterocycles. The van der Waals surface area contributed by atoms with E-state index < -0.39 is 15.8 Å². The molecule has 0 radical (unpaired) electrons. The molecule has 0 heterocycles. The van der Waals surface area contributed by atoms with Crippen LogP contribution in [0.25, 0.3) is 0 Å². The number of methoxy groups -OCH3 is 1. The summed E-state index contributed by atoms with van der Waals surface area (Å²) in [6.07, 6.45) is 0. The Bertz CT molecular complexity index is 735. The molecule has 2 aromatic rings. The van der Waals surface area contributed by atoms with E-state index in [2.05, 4.69) is 0 Å². The minimum atomic E-state index is -3.74. The van der Waals surface area contributed by atoms with Crippen LogP contribution in [0.3, 0.4) is 0 Å². The average Bonchev–Trinajstić information content (AvgIpc) is 2.47. The third kappa shape index (κ3) is 2.50. The van der Waals surface area contributed by atoms with Crippen LogP contribution in [-0.4, -0.2) is 26.6 Å². The van der Waals surface area contributed by atoms with Crippen LogP contribution in [0.5, 0.6) is 5.75 Å². The van der Waals surface area contributed by atoms with Gasteiger partial charge >= 0.3 is 5.97 Å². The first-order chi connectivity index (χ1) is 9.46. The molecule has 0 aromatic heterocycles. The Morgan fingerprint density at radius 2 is 1.70 bits per heavy atom. The Morgan fingerprint density at radius 3 is 2.25 bits per heavy atom. The smallest absolute Gasteiger partial charge is 0.339 e. The first-order valence-corrected chi connectivity index (χ1v) is 7.16. The fourth-order valence-corrected chi connectivity index (χ4v) is 3.06. The summed E-state index contributed by atoms with van der Waals surface area (Å²) in [5.74, 6) is -1.13. The van der Waals surface area contributed by atoms with Crippen molar-refractivity contribution < 1.29 is 23.1 Å². The van der Waals surface area contributed by atoms with Crippen LogP contribution in [0.4, 0.5) is 0 Å². The molecule has 0 fully saturated rings. The van der Waals surface area contributed by atoms with Crippen LogP contribution in [0.1, 0.15) is 10.4 Å². The Balaban J connectivity index is 2.59. The van der Waals surface area contributed by atoms with Crippen molar-refractivity contribution in [3.8, 4) is 5.75 Å². The highest BCUT2D eigenvalue weighted by Gasteiger charge is 2.21. The second-order valence-electron chi connectivity index (χ2n) is 3.98. The van der Waals surface area contributed by atoms with Gasteiger partial charge in [-0.2, -0.15) is 0 Å². The number of carboxylic acids is 1. The van der Waals surface area contributed by atoms with Crippen LogP contribution in [0.2, 0.25) is 0 Å². The van der Waals surface area contributed by atoms with Crippen molar-refractivity contribution >= 4 is 15.8 Å². The Labute approximate surface area is 116 Å². The average molecular weight is 292 g/mol. The molecule has 0 bridgehead atoms. The predicted octanol–water partition coefficient (Wildman–Crippen LogP) is 2.23. The maximum Gasteiger partial charge on any atom is 0.339 e. The minimum absolute atomic E-state index is 0.0816. The minimum Gasteiger partial charge on any atom is -0.496 e. The fourth-order valence-electron chi connectivity index (χ4n) is 1.76. The lowest BCUT2D eigenvalue weighted by Gasteiger charge is -2.08. The highest BCUT2D eigenvalue weighted by atomic mass is 32.2. The Hall–Kier alpha value is -2.34. The van der Waals surface area contributed by atoms with Crippen LogP contribution >= 0.6 is 0 Å². The number of rotatable bonds is 4. The molecule has 20 heavy (non-hydrogen) atoms. The van der Waals surface area contributed by atoms with E-state index in [0.29, 0.717) is 0 Å². The van der Waals surface area contributed by atoms with E-state index in [-0.39, 0.29) is 21.1 Å². The van der Waals surface area contributed by atoms with Crippen molar-refractivity contribution in [1.29, 1.82) is 0 Å². The maximum absolute atomic E-state index is 12.4. The number of carboxylic acid groups (broad SMARTS) is 1. The molecule has 0 atom stereocenters. The zero-order chi connectivity index (χ0) is 14.8. The first-order valence-electron chi connectivity index (χ1n) is 5.68. The molecule has 2 aromatic carbocycles. The number of benzene rings is 2. The van der Waals surface area contributed by atoms with Crippen LogP contribution in [-0.2, 0) is 9.84 Å². The van der Waals surface area contributed by atoms with Gasteiger partial charge in [-0.25, -0.2) is 13.2 Å². The maximum atomic E-state index is 12.4. The zero-order valence-electron chi connectivity index (χ0n) is 10.6. The highest BCUT2D eigenvalue weighted by molar-refractivity contribution is 7.91. The third-order valence-corrected chi connectivity index (χ3v) is 4.53. The molecule has 0 aliphatic carbocycles. The van der Waals surface area contributed by atoms with Crippen LogP contribution in [0, 0.1) is 0 Å². The van der Waals surface area contributed by atoms with Gasteiger partial charge in [0.1, 0.15) is 11.3 Å². The summed E-state index contributed by atoms with van der Waals surface area (Å²) in [5, 5.41) is 9.08. The molecule has 0 saturated heterocycles. The van der Waals surface area contributed by atoms with E-state index in [1.165, 1.54) is 31.4 Å². The molecule has 0 saturated carbocycles. The largest absolute Gasteiger partial charge is 0.496 e. The lowest BCUT2D eigenvalue weighted by molar-refractivity contribution is 0.0693. The van der Waals surface area contributed by atoms with Gasteiger partial charge in [-0.15, -0.1) is 0 Å². The molecular formula is C14H12O5S. The third-order valence-electron chi connectivity index (χ3n) is 2.77. The van der Waals surface area contributed by atoms with Gasteiger partial charge in [-0.05, 0) is 30.3 Å². The van der Waals surface area contributed by atoms with E-state index in [4.69, 9.17) is 9.84 Å². The molecule has 0 unspecified atom stereocenters. The van der Waals surface area contributed by atoms with Crippen molar-refractivity contribution in [3.63, 3.8) is 0 Å². The Morgan fingerprint density at radius 1 is 1.05 bits per heavy atom. The van der Waals surface area contributed by atoms with Gasteiger partial charge < -0.3 is 9.84 Å². The van der Waals surface area contributed by atoms with Crippen molar-refractivity contribution in [2.75, 3.05) is 7.11 Å². The second kappa shape index (κ2) is 5.34. The van der Waals surface area contributed by atoms with Crippen molar-refractivity contribution in [1.82, 2.24) is 0 Å². The van der Waals surface area contributed by atoms with Crippen LogP contribution in [0.15, 0.2) is 58.3 Å². The summed E-state index contributed by atoms with van der Waals surface area (Å²) in [4.78, 5) is 11.2. The molecule has 104 valence electrons. The topological polar surface area (TPSA) is 80.7 Å². The lowest BCUT2D eigenvalue weighted by atomic mass is 10.2. The normalized spacial score (nSPS) is 11.1. The molecule has 0 spiro atoms. The molecule has 1 N–H and O–H groups in total. The standard InChI is InChI=1S/C14H12O5S/c1-19-13-8-7-11(9-12(13)14(15)16)20(17,18)10-5-3-2-4-6-10/h2-9H,1H3,(H,15,16). The second-order valence-corrected chi connectivity index (χ2v) is 5.93. The van der Waals surface area contributed by atoms with Gasteiger partial charge in [-0.1, -0.05) is 18.2 Å². The Kier molecular flexibility index (Phi) is 3.76. The fraction of sp³-hybridized carbons (Fsp3) is 0.0714. The zero-order valence-corrected chi connectivity index (χ0v) is 11.4. The summed E-state index contributed by atoms with van der Waals surface area (Å²) in [6, 6.07) is 11.6. The molecule has 6 heteroatoms. The SMILES string of the molecule is COc1ccc(S(=O)(=O)c2ccccc2)cc1C(=O)O. The molecular weight excluding hydrogens is 280 g/mol. The molecule has 0 amide bonds. The van der Waals surface area contributed by atoms with Gasteiger partial charge in [0, 0.05) is 0 Å². The van der Waals surface area contributed by atoms with E-state index in [9.17, 15) is 13.2 Å². The molecule has 5 nitrogen and oxygen atoms in total. The van der Waals surface area contributed by atoms with Gasteiger partial charge in [0.05, 0.1) is 16.9 Å². The number of hydrogen-bond acceptors (Lipinski definition) is 4. The van der Waals surface area contributed by atoms with Gasteiger partial charge in [0.2, 0.25) is 9.84 Å². The highest BCUT2D eigenvalue weighted by Crippen LogP contribution is 2.26. The summed E-state index contributed by atoms with van der Waals surface area (Å²) < 4.78 is 29.7. The van der Waals surface area contributed by atoms with Gasteiger partial charge in [0.25, 0.3) is 0 Å².